The summed E-state index contributed by atoms with van der Waals surface area (Å²) >= 11 is 1.68. The number of amides is 3. The van der Waals surface area contributed by atoms with Crippen LogP contribution in [0.1, 0.15) is 39.5 Å². The molecular weight excluding hydrogens is 278 g/mol. The molecule has 0 fully saturated rings. The Morgan fingerprint density at radius 1 is 1.25 bits per heavy atom. The van der Waals surface area contributed by atoms with Crippen molar-refractivity contribution in [2.45, 2.75) is 51.6 Å². The van der Waals surface area contributed by atoms with E-state index in [1.807, 2.05) is 13.2 Å². The third-order valence-electron chi connectivity index (χ3n) is 2.76. The molecule has 0 aromatic heterocycles. The van der Waals surface area contributed by atoms with Gasteiger partial charge in [0.25, 0.3) is 0 Å². The third-order valence-corrected chi connectivity index (χ3v) is 3.46. The van der Waals surface area contributed by atoms with E-state index in [2.05, 4.69) is 10.6 Å². The monoisotopic (exact) mass is 303 g/mol. The summed E-state index contributed by atoms with van der Waals surface area (Å²) in [5, 5.41) is 5.17. The smallest absolute Gasteiger partial charge is 0.242 e. The minimum atomic E-state index is -0.677. The van der Waals surface area contributed by atoms with Gasteiger partial charge in [-0.05, 0) is 31.8 Å². The molecule has 0 radical (unpaired) electrons. The molecule has 6 nitrogen and oxygen atoms in total. The lowest BCUT2D eigenvalue weighted by atomic mass is 10.1. The lowest BCUT2D eigenvalue weighted by Crippen LogP contribution is -2.51. The molecule has 3 amide bonds. The highest BCUT2D eigenvalue weighted by Crippen LogP contribution is 2.00. The van der Waals surface area contributed by atoms with Gasteiger partial charge in [0.05, 0.1) is 0 Å². The van der Waals surface area contributed by atoms with Gasteiger partial charge in [0, 0.05) is 6.42 Å². The van der Waals surface area contributed by atoms with E-state index < -0.39 is 18.0 Å². The van der Waals surface area contributed by atoms with Crippen LogP contribution in [0.5, 0.6) is 0 Å². The van der Waals surface area contributed by atoms with Crippen molar-refractivity contribution in [3.05, 3.63) is 0 Å². The number of nitrogens with one attached hydrogen (secondary N) is 2. The summed E-state index contributed by atoms with van der Waals surface area (Å²) in [6, 6.07) is -1.35. The van der Waals surface area contributed by atoms with Gasteiger partial charge in [-0.1, -0.05) is 13.3 Å². The van der Waals surface area contributed by atoms with Gasteiger partial charge in [-0.3, -0.25) is 14.4 Å². The van der Waals surface area contributed by atoms with Crippen LogP contribution >= 0.6 is 11.8 Å². The number of carbonyl (C=O) groups is 3. The topological polar surface area (TPSA) is 101 Å². The van der Waals surface area contributed by atoms with Crippen molar-refractivity contribution in [3.8, 4) is 0 Å². The Morgan fingerprint density at radius 2 is 1.90 bits per heavy atom. The Morgan fingerprint density at radius 3 is 2.40 bits per heavy atom. The highest BCUT2D eigenvalue weighted by molar-refractivity contribution is 7.98. The first kappa shape index (κ1) is 18.8. The summed E-state index contributed by atoms with van der Waals surface area (Å²) < 4.78 is 0. The zero-order chi connectivity index (χ0) is 15.5. The van der Waals surface area contributed by atoms with Crippen LogP contribution < -0.4 is 16.4 Å². The number of carbonyl (C=O) groups excluding carboxylic acids is 3. The largest absolute Gasteiger partial charge is 0.368 e. The molecule has 4 N–H and O–H groups in total. The number of thioether (sulfide) groups is 1. The second-order valence-corrected chi connectivity index (χ2v) is 5.62. The maximum atomic E-state index is 11.9. The fourth-order valence-electron chi connectivity index (χ4n) is 1.63. The van der Waals surface area contributed by atoms with Gasteiger partial charge in [-0.25, -0.2) is 0 Å². The van der Waals surface area contributed by atoms with E-state index in [0.717, 1.165) is 18.6 Å². The molecule has 0 heterocycles. The highest BCUT2D eigenvalue weighted by Gasteiger charge is 2.21. The highest BCUT2D eigenvalue weighted by atomic mass is 32.2. The van der Waals surface area contributed by atoms with Crippen molar-refractivity contribution in [1.29, 1.82) is 0 Å². The molecule has 0 rings (SSSR count). The molecule has 0 aromatic carbocycles. The van der Waals surface area contributed by atoms with Gasteiger partial charge in [0.15, 0.2) is 0 Å². The van der Waals surface area contributed by atoms with E-state index in [1.165, 1.54) is 0 Å². The van der Waals surface area contributed by atoms with Gasteiger partial charge in [-0.15, -0.1) is 0 Å². The minimum absolute atomic E-state index is 0.159. The lowest BCUT2D eigenvalue weighted by Gasteiger charge is -2.19. The Hall–Kier alpha value is -1.24. The Labute approximate surface area is 124 Å². The van der Waals surface area contributed by atoms with Gasteiger partial charge >= 0.3 is 0 Å². The summed E-state index contributed by atoms with van der Waals surface area (Å²) in [6.45, 7) is 3.49. The Kier molecular flexibility index (Phi) is 9.88. The van der Waals surface area contributed by atoms with Crippen LogP contribution in [0.2, 0.25) is 0 Å². The van der Waals surface area contributed by atoms with Gasteiger partial charge in [0.2, 0.25) is 17.7 Å². The molecule has 2 atom stereocenters. The van der Waals surface area contributed by atoms with E-state index in [1.54, 1.807) is 18.7 Å². The maximum absolute atomic E-state index is 11.9. The summed E-state index contributed by atoms with van der Waals surface area (Å²) in [5.74, 6) is -0.194. The first-order chi connectivity index (χ1) is 9.42. The van der Waals surface area contributed by atoms with Crippen LogP contribution in [-0.4, -0.2) is 41.8 Å². The maximum Gasteiger partial charge on any atom is 0.242 e. The summed E-state index contributed by atoms with van der Waals surface area (Å²) in [4.78, 5) is 34.6. The first-order valence-electron chi connectivity index (χ1n) is 6.80. The fourth-order valence-corrected chi connectivity index (χ4v) is 2.06. The standard InChI is InChI=1S/C13H25N3O3S/c1-4-6-10(12(14)18)16-13(19)9(2)15-11(17)7-5-8-20-3/h9-10H,4-8H2,1-3H3,(H2,14,18)(H,15,17)(H,16,19). The molecule has 0 saturated heterocycles. The molecule has 0 saturated carbocycles. The average molecular weight is 303 g/mol. The molecule has 20 heavy (non-hydrogen) atoms. The van der Waals surface area contributed by atoms with E-state index in [4.69, 9.17) is 5.73 Å². The van der Waals surface area contributed by atoms with Gasteiger partial charge in [0.1, 0.15) is 12.1 Å². The van der Waals surface area contributed by atoms with Crippen molar-refractivity contribution in [2.24, 2.45) is 5.73 Å². The molecule has 0 spiro atoms. The van der Waals surface area contributed by atoms with Crippen molar-refractivity contribution >= 4 is 29.5 Å². The number of primary amides is 1. The normalized spacial score (nSPS) is 13.3. The molecule has 0 aliphatic carbocycles. The molecule has 7 heteroatoms. The van der Waals surface area contributed by atoms with Crippen LogP contribution in [-0.2, 0) is 14.4 Å². The first-order valence-corrected chi connectivity index (χ1v) is 8.19. The quantitative estimate of drug-likeness (QED) is 0.509. The van der Waals surface area contributed by atoms with E-state index in [-0.39, 0.29) is 11.8 Å². The summed E-state index contributed by atoms with van der Waals surface area (Å²) in [5.41, 5.74) is 5.21. The van der Waals surface area contributed by atoms with Gasteiger partial charge < -0.3 is 16.4 Å². The van der Waals surface area contributed by atoms with Crippen molar-refractivity contribution in [3.63, 3.8) is 0 Å². The van der Waals surface area contributed by atoms with Crippen molar-refractivity contribution in [2.75, 3.05) is 12.0 Å². The van der Waals surface area contributed by atoms with Crippen LogP contribution in [0, 0.1) is 0 Å². The zero-order valence-electron chi connectivity index (χ0n) is 12.4. The SMILES string of the molecule is CCCC(NC(=O)C(C)NC(=O)CCCSC)C(N)=O. The number of hydrogen-bond acceptors (Lipinski definition) is 4. The lowest BCUT2D eigenvalue weighted by molar-refractivity contribution is -0.131. The summed E-state index contributed by atoms with van der Waals surface area (Å²) in [7, 11) is 0. The summed E-state index contributed by atoms with van der Waals surface area (Å²) in [6.07, 6.45) is 4.39. The number of rotatable bonds is 10. The van der Waals surface area contributed by atoms with Crippen molar-refractivity contribution in [1.82, 2.24) is 10.6 Å². The molecule has 0 aliphatic rings. The second kappa shape index (κ2) is 10.5. The van der Waals surface area contributed by atoms with Crippen LogP contribution in [0.15, 0.2) is 0 Å². The Balaban J connectivity index is 4.19. The predicted octanol–water partition coefficient (Wildman–Crippen LogP) is 0.405. The number of nitrogens with two attached hydrogens (primary N) is 1. The van der Waals surface area contributed by atoms with E-state index in [0.29, 0.717) is 12.8 Å². The van der Waals surface area contributed by atoms with Crippen molar-refractivity contribution < 1.29 is 14.4 Å². The average Bonchev–Trinajstić information content (AvgIpc) is 2.38. The fraction of sp³-hybridized carbons (Fsp3) is 0.769. The van der Waals surface area contributed by atoms with Crippen LogP contribution in [0.3, 0.4) is 0 Å². The van der Waals surface area contributed by atoms with Crippen LogP contribution in [0.4, 0.5) is 0 Å². The van der Waals surface area contributed by atoms with Gasteiger partial charge in [-0.2, -0.15) is 11.8 Å². The van der Waals surface area contributed by atoms with E-state index >= 15 is 0 Å². The molecule has 0 aliphatic heterocycles. The molecule has 0 bridgehead atoms. The molecule has 2 unspecified atom stereocenters. The molecule has 0 aromatic rings. The Bertz CT molecular complexity index is 337. The predicted molar refractivity (Wildman–Crippen MR) is 81.3 cm³/mol. The minimum Gasteiger partial charge on any atom is -0.368 e. The molecule has 116 valence electrons. The third kappa shape index (κ3) is 8.04. The second-order valence-electron chi connectivity index (χ2n) is 4.64. The number of hydrogen-bond donors (Lipinski definition) is 3. The zero-order valence-corrected chi connectivity index (χ0v) is 13.2. The van der Waals surface area contributed by atoms with E-state index in [9.17, 15) is 14.4 Å². The van der Waals surface area contributed by atoms with Crippen LogP contribution in [0.25, 0.3) is 0 Å². The molecular formula is C13H25N3O3S.